The van der Waals surface area contributed by atoms with Crippen LogP contribution in [-0.2, 0) is 9.53 Å². The van der Waals surface area contributed by atoms with Crippen LogP contribution in [0.3, 0.4) is 0 Å². The van der Waals surface area contributed by atoms with Crippen molar-refractivity contribution in [2.75, 3.05) is 26.7 Å². The van der Waals surface area contributed by atoms with Gasteiger partial charge in [-0.15, -0.1) is 0 Å². The summed E-state index contributed by atoms with van der Waals surface area (Å²) in [7, 11) is 1.67. The van der Waals surface area contributed by atoms with E-state index in [0.717, 1.165) is 32.4 Å². The molecule has 0 saturated carbocycles. The molecule has 1 saturated heterocycles. The predicted octanol–water partition coefficient (Wildman–Crippen LogP) is 1.31. The molecule has 1 aliphatic rings. The van der Waals surface area contributed by atoms with Gasteiger partial charge in [-0.2, -0.15) is 0 Å². The minimum Gasteiger partial charge on any atom is -0.377 e. The molecule has 1 rings (SSSR count). The van der Waals surface area contributed by atoms with E-state index in [9.17, 15) is 4.79 Å². The van der Waals surface area contributed by atoms with E-state index in [0.29, 0.717) is 6.54 Å². The number of rotatable bonds is 6. The maximum Gasteiger partial charge on any atom is 0.227 e. The second-order valence-corrected chi connectivity index (χ2v) is 5.60. The summed E-state index contributed by atoms with van der Waals surface area (Å²) in [5.74, 6) is 0.175. The molecule has 0 radical (unpaired) electrons. The van der Waals surface area contributed by atoms with Crippen molar-refractivity contribution < 1.29 is 9.53 Å². The van der Waals surface area contributed by atoms with E-state index >= 15 is 0 Å². The van der Waals surface area contributed by atoms with Gasteiger partial charge in [0.2, 0.25) is 5.91 Å². The third-order valence-electron chi connectivity index (χ3n) is 3.68. The Morgan fingerprint density at radius 1 is 1.53 bits per heavy atom. The quantitative estimate of drug-likeness (QED) is 0.738. The van der Waals surface area contributed by atoms with Gasteiger partial charge in [0.1, 0.15) is 0 Å². The van der Waals surface area contributed by atoms with E-state index in [2.05, 4.69) is 17.6 Å². The van der Waals surface area contributed by atoms with Gasteiger partial charge in [-0.05, 0) is 33.2 Å². The van der Waals surface area contributed by atoms with E-state index < -0.39 is 0 Å². The van der Waals surface area contributed by atoms with Gasteiger partial charge in [-0.25, -0.2) is 0 Å². The van der Waals surface area contributed by atoms with Crippen molar-refractivity contribution in [2.45, 2.75) is 45.6 Å². The van der Waals surface area contributed by atoms with Gasteiger partial charge in [0, 0.05) is 20.2 Å². The molecular formula is C13H26N2O2. The zero-order valence-corrected chi connectivity index (χ0v) is 11.6. The minimum absolute atomic E-state index is 0.175. The normalized spacial score (nSPS) is 24.9. The molecule has 0 aromatic rings. The van der Waals surface area contributed by atoms with Crippen LogP contribution in [0.4, 0.5) is 0 Å². The fraction of sp³-hybridized carbons (Fsp3) is 0.923. The monoisotopic (exact) mass is 242 g/mol. The number of carbonyl (C=O) groups is 1. The molecule has 1 heterocycles. The molecule has 1 amide bonds. The van der Waals surface area contributed by atoms with E-state index in [4.69, 9.17) is 4.74 Å². The highest BCUT2D eigenvalue weighted by Gasteiger charge is 2.40. The standard InChI is InChI=1S/C13H26N2O2/c1-5-6-13(7-8-14-10-13)11(16)15-9-12(2,3)17-4/h14H,5-10H2,1-4H3,(H,15,16). The molecule has 0 aliphatic carbocycles. The van der Waals surface area contributed by atoms with Gasteiger partial charge in [0.15, 0.2) is 0 Å². The third-order valence-corrected chi connectivity index (χ3v) is 3.68. The van der Waals surface area contributed by atoms with Gasteiger partial charge < -0.3 is 15.4 Å². The van der Waals surface area contributed by atoms with Crippen LogP contribution in [0.5, 0.6) is 0 Å². The summed E-state index contributed by atoms with van der Waals surface area (Å²) in [5, 5.41) is 6.34. The van der Waals surface area contributed by atoms with E-state index in [-0.39, 0.29) is 16.9 Å². The van der Waals surface area contributed by atoms with E-state index in [1.54, 1.807) is 7.11 Å². The Hall–Kier alpha value is -0.610. The Morgan fingerprint density at radius 3 is 2.71 bits per heavy atom. The molecular weight excluding hydrogens is 216 g/mol. The summed E-state index contributed by atoms with van der Waals surface area (Å²) in [6.07, 6.45) is 2.95. The first-order valence-electron chi connectivity index (χ1n) is 6.50. The van der Waals surface area contributed by atoms with Crippen molar-refractivity contribution >= 4 is 5.91 Å². The minimum atomic E-state index is -0.297. The predicted molar refractivity (Wildman–Crippen MR) is 68.9 cm³/mol. The highest BCUT2D eigenvalue weighted by molar-refractivity contribution is 5.83. The molecule has 2 N–H and O–H groups in total. The van der Waals surface area contributed by atoms with Crippen molar-refractivity contribution in [2.24, 2.45) is 5.41 Å². The number of hydrogen-bond acceptors (Lipinski definition) is 3. The second kappa shape index (κ2) is 5.83. The van der Waals surface area contributed by atoms with Crippen LogP contribution in [0.25, 0.3) is 0 Å². The van der Waals surface area contributed by atoms with Crippen molar-refractivity contribution in [3.63, 3.8) is 0 Å². The molecule has 4 heteroatoms. The topological polar surface area (TPSA) is 50.4 Å². The molecule has 0 bridgehead atoms. The lowest BCUT2D eigenvalue weighted by atomic mass is 9.81. The molecule has 0 aromatic carbocycles. The van der Waals surface area contributed by atoms with Crippen LogP contribution < -0.4 is 10.6 Å². The Balaban J connectivity index is 2.55. The van der Waals surface area contributed by atoms with Crippen molar-refractivity contribution in [1.29, 1.82) is 0 Å². The number of amides is 1. The lowest BCUT2D eigenvalue weighted by molar-refractivity contribution is -0.131. The Kier molecular flexibility index (Phi) is 4.95. The summed E-state index contributed by atoms with van der Waals surface area (Å²) >= 11 is 0. The summed E-state index contributed by atoms with van der Waals surface area (Å²) < 4.78 is 5.31. The Morgan fingerprint density at radius 2 is 2.24 bits per heavy atom. The number of methoxy groups -OCH3 is 1. The van der Waals surface area contributed by atoms with Gasteiger partial charge in [-0.3, -0.25) is 4.79 Å². The first kappa shape index (κ1) is 14.5. The van der Waals surface area contributed by atoms with E-state index in [1.165, 1.54) is 0 Å². The maximum absolute atomic E-state index is 12.3. The van der Waals surface area contributed by atoms with Crippen LogP contribution in [-0.4, -0.2) is 38.3 Å². The molecule has 4 nitrogen and oxygen atoms in total. The highest BCUT2D eigenvalue weighted by Crippen LogP contribution is 2.31. The van der Waals surface area contributed by atoms with Crippen LogP contribution in [0, 0.1) is 5.41 Å². The lowest BCUT2D eigenvalue weighted by Crippen LogP contribution is -2.47. The SMILES string of the molecule is CCCC1(C(=O)NCC(C)(C)OC)CCNC1. The maximum atomic E-state index is 12.3. The van der Waals surface area contributed by atoms with Gasteiger partial charge in [0.25, 0.3) is 0 Å². The second-order valence-electron chi connectivity index (χ2n) is 5.60. The first-order chi connectivity index (χ1) is 7.96. The van der Waals surface area contributed by atoms with Crippen LogP contribution in [0.15, 0.2) is 0 Å². The van der Waals surface area contributed by atoms with Crippen LogP contribution >= 0.6 is 0 Å². The molecule has 1 aliphatic heterocycles. The largest absolute Gasteiger partial charge is 0.377 e. The lowest BCUT2D eigenvalue weighted by Gasteiger charge is -2.29. The van der Waals surface area contributed by atoms with Gasteiger partial charge in [0.05, 0.1) is 11.0 Å². The highest BCUT2D eigenvalue weighted by atomic mass is 16.5. The zero-order valence-electron chi connectivity index (χ0n) is 11.6. The summed E-state index contributed by atoms with van der Waals surface area (Å²) in [6, 6.07) is 0. The van der Waals surface area contributed by atoms with Gasteiger partial charge >= 0.3 is 0 Å². The smallest absolute Gasteiger partial charge is 0.227 e. The van der Waals surface area contributed by atoms with Crippen LogP contribution in [0.1, 0.15) is 40.0 Å². The van der Waals surface area contributed by atoms with Crippen molar-refractivity contribution in [3.8, 4) is 0 Å². The number of nitrogens with one attached hydrogen (secondary N) is 2. The third kappa shape index (κ3) is 3.68. The molecule has 0 spiro atoms. The van der Waals surface area contributed by atoms with E-state index in [1.807, 2.05) is 13.8 Å². The Labute approximate surface area is 104 Å². The van der Waals surface area contributed by atoms with Crippen LogP contribution in [0.2, 0.25) is 0 Å². The van der Waals surface area contributed by atoms with Crippen molar-refractivity contribution in [3.05, 3.63) is 0 Å². The molecule has 1 fully saturated rings. The fourth-order valence-electron chi connectivity index (χ4n) is 2.30. The molecule has 0 aromatic heterocycles. The summed E-state index contributed by atoms with van der Waals surface area (Å²) in [6.45, 7) is 8.40. The number of ether oxygens (including phenoxy) is 1. The van der Waals surface area contributed by atoms with Crippen molar-refractivity contribution in [1.82, 2.24) is 10.6 Å². The first-order valence-corrected chi connectivity index (χ1v) is 6.50. The molecule has 17 heavy (non-hydrogen) atoms. The average Bonchev–Trinajstić information content (AvgIpc) is 2.76. The molecule has 1 atom stereocenters. The zero-order chi connectivity index (χ0) is 12.9. The fourth-order valence-corrected chi connectivity index (χ4v) is 2.30. The average molecular weight is 242 g/mol. The summed E-state index contributed by atoms with van der Waals surface area (Å²) in [4.78, 5) is 12.3. The van der Waals surface area contributed by atoms with Gasteiger partial charge in [-0.1, -0.05) is 13.3 Å². The molecule has 1 unspecified atom stereocenters. The number of hydrogen-bond donors (Lipinski definition) is 2. The number of carbonyl (C=O) groups excluding carboxylic acids is 1. The molecule has 100 valence electrons. The summed E-state index contributed by atoms with van der Waals surface area (Å²) in [5.41, 5.74) is -0.492. The Bertz CT molecular complexity index is 258.